The molecule has 0 N–H and O–H groups in total. The van der Waals surface area contributed by atoms with Crippen molar-refractivity contribution in [3.05, 3.63) is 48.2 Å². The molecule has 1 aromatic heterocycles. The molecular formula is C13H17NS. The van der Waals surface area contributed by atoms with E-state index in [1.165, 1.54) is 17.3 Å². The van der Waals surface area contributed by atoms with Gasteiger partial charge in [0.1, 0.15) is 0 Å². The Balaban J connectivity index is 2.71. The summed E-state index contributed by atoms with van der Waals surface area (Å²) in [4.78, 5) is 5.33. The summed E-state index contributed by atoms with van der Waals surface area (Å²) in [5.41, 5.74) is 2.22. The van der Waals surface area contributed by atoms with Gasteiger partial charge in [-0.15, -0.1) is 0 Å². The SMILES string of the molecule is C=CSC(=C)c1ccc(CC(C)C)cn1. The van der Waals surface area contributed by atoms with Crippen LogP contribution in [-0.4, -0.2) is 4.98 Å². The standard InChI is InChI=1S/C13H17NS/c1-5-15-11(4)13-7-6-12(9-14-13)8-10(2)3/h5-7,9-10H,1,4,8H2,2-3H3. The normalized spacial score (nSPS) is 10.3. The third-order valence-electron chi connectivity index (χ3n) is 1.98. The molecule has 1 heterocycles. The minimum Gasteiger partial charge on any atom is -0.255 e. The zero-order valence-corrected chi connectivity index (χ0v) is 10.2. The van der Waals surface area contributed by atoms with E-state index in [2.05, 4.69) is 38.1 Å². The summed E-state index contributed by atoms with van der Waals surface area (Å²) in [6.45, 7) is 12.0. The molecule has 2 heteroatoms. The maximum Gasteiger partial charge on any atom is 0.0762 e. The minimum atomic E-state index is 0.670. The van der Waals surface area contributed by atoms with Crippen LogP contribution < -0.4 is 0 Å². The van der Waals surface area contributed by atoms with Crippen molar-refractivity contribution in [1.82, 2.24) is 4.98 Å². The summed E-state index contributed by atoms with van der Waals surface area (Å²) in [6, 6.07) is 4.15. The van der Waals surface area contributed by atoms with E-state index in [9.17, 15) is 0 Å². The van der Waals surface area contributed by atoms with Crippen LogP contribution in [0.2, 0.25) is 0 Å². The first kappa shape index (κ1) is 12.1. The average molecular weight is 219 g/mol. The van der Waals surface area contributed by atoms with E-state index in [1.54, 1.807) is 5.41 Å². The minimum absolute atomic E-state index is 0.670. The monoisotopic (exact) mass is 219 g/mol. The molecule has 0 aliphatic heterocycles. The molecule has 0 spiro atoms. The summed E-state index contributed by atoms with van der Waals surface area (Å²) in [7, 11) is 0. The van der Waals surface area contributed by atoms with Crippen molar-refractivity contribution in [3.8, 4) is 0 Å². The van der Waals surface area contributed by atoms with Crippen LogP contribution in [0.5, 0.6) is 0 Å². The van der Waals surface area contributed by atoms with Gasteiger partial charge in [0.15, 0.2) is 0 Å². The van der Waals surface area contributed by atoms with Crippen LogP contribution in [0.1, 0.15) is 25.1 Å². The lowest BCUT2D eigenvalue weighted by Crippen LogP contribution is -1.95. The molecule has 15 heavy (non-hydrogen) atoms. The first-order valence-corrected chi connectivity index (χ1v) is 5.93. The van der Waals surface area contributed by atoms with Crippen LogP contribution in [0.15, 0.2) is 36.9 Å². The van der Waals surface area contributed by atoms with Gasteiger partial charge >= 0.3 is 0 Å². The number of nitrogens with zero attached hydrogens (tertiary/aromatic N) is 1. The van der Waals surface area contributed by atoms with Crippen molar-refractivity contribution >= 4 is 16.7 Å². The molecule has 0 bridgehead atoms. The molecule has 0 saturated carbocycles. The van der Waals surface area contributed by atoms with Gasteiger partial charge in [0.05, 0.1) is 5.69 Å². The van der Waals surface area contributed by atoms with E-state index in [4.69, 9.17) is 0 Å². The van der Waals surface area contributed by atoms with Crippen LogP contribution in [0.25, 0.3) is 4.91 Å². The van der Waals surface area contributed by atoms with Gasteiger partial charge in [-0.2, -0.15) is 0 Å². The summed E-state index contributed by atoms with van der Waals surface area (Å²) in [5, 5.41) is 1.77. The highest BCUT2D eigenvalue weighted by molar-refractivity contribution is 8.10. The predicted octanol–water partition coefficient (Wildman–Crippen LogP) is 4.13. The van der Waals surface area contributed by atoms with Crippen molar-refractivity contribution in [1.29, 1.82) is 0 Å². The lowest BCUT2D eigenvalue weighted by atomic mass is 10.0. The Morgan fingerprint density at radius 2 is 2.27 bits per heavy atom. The molecule has 0 amide bonds. The summed E-state index contributed by atoms with van der Waals surface area (Å²) < 4.78 is 0. The fourth-order valence-corrected chi connectivity index (χ4v) is 1.79. The first-order chi connectivity index (χ1) is 7.13. The summed E-state index contributed by atoms with van der Waals surface area (Å²) in [6.07, 6.45) is 3.01. The van der Waals surface area contributed by atoms with Crippen LogP contribution >= 0.6 is 11.8 Å². The average Bonchev–Trinajstić information content (AvgIpc) is 2.18. The Labute approximate surface area is 96.3 Å². The Morgan fingerprint density at radius 1 is 1.53 bits per heavy atom. The molecule has 1 aromatic rings. The molecule has 0 aliphatic rings. The van der Waals surface area contributed by atoms with Crippen molar-refractivity contribution in [2.45, 2.75) is 20.3 Å². The Bertz CT molecular complexity index is 338. The highest BCUT2D eigenvalue weighted by Crippen LogP contribution is 2.24. The van der Waals surface area contributed by atoms with E-state index < -0.39 is 0 Å². The van der Waals surface area contributed by atoms with E-state index >= 15 is 0 Å². The predicted molar refractivity (Wildman–Crippen MR) is 69.6 cm³/mol. The van der Waals surface area contributed by atoms with Crippen molar-refractivity contribution in [3.63, 3.8) is 0 Å². The maximum atomic E-state index is 4.38. The van der Waals surface area contributed by atoms with Crippen LogP contribution in [-0.2, 0) is 6.42 Å². The highest BCUT2D eigenvalue weighted by Gasteiger charge is 2.01. The topological polar surface area (TPSA) is 12.9 Å². The van der Waals surface area contributed by atoms with E-state index in [0.717, 1.165) is 17.0 Å². The molecule has 0 fully saturated rings. The van der Waals surface area contributed by atoms with Crippen molar-refractivity contribution in [2.75, 3.05) is 0 Å². The van der Waals surface area contributed by atoms with Gasteiger partial charge in [-0.05, 0) is 29.4 Å². The molecule has 0 atom stereocenters. The number of hydrogen-bond acceptors (Lipinski definition) is 2. The summed E-state index contributed by atoms with van der Waals surface area (Å²) in [5.74, 6) is 0.670. The summed E-state index contributed by atoms with van der Waals surface area (Å²) >= 11 is 1.51. The largest absolute Gasteiger partial charge is 0.255 e. The third kappa shape index (κ3) is 3.92. The van der Waals surface area contributed by atoms with Gasteiger partial charge < -0.3 is 0 Å². The smallest absolute Gasteiger partial charge is 0.0762 e. The van der Waals surface area contributed by atoms with Crippen LogP contribution in [0.4, 0.5) is 0 Å². The second-order valence-corrected chi connectivity index (χ2v) is 4.92. The number of aromatic nitrogens is 1. The second kappa shape index (κ2) is 5.76. The van der Waals surface area contributed by atoms with Gasteiger partial charge in [-0.1, -0.05) is 44.8 Å². The van der Waals surface area contributed by atoms with Crippen LogP contribution in [0.3, 0.4) is 0 Å². The van der Waals surface area contributed by atoms with Gasteiger partial charge in [0, 0.05) is 11.1 Å². The number of rotatable bonds is 5. The molecule has 0 unspecified atom stereocenters. The number of hydrogen-bond donors (Lipinski definition) is 0. The maximum absolute atomic E-state index is 4.38. The molecule has 0 radical (unpaired) electrons. The molecule has 1 rings (SSSR count). The van der Waals surface area contributed by atoms with Gasteiger partial charge in [-0.25, -0.2) is 0 Å². The van der Waals surface area contributed by atoms with Gasteiger partial charge in [0.25, 0.3) is 0 Å². The Kier molecular flexibility index (Phi) is 4.63. The Hall–Kier alpha value is -1.02. The third-order valence-corrected chi connectivity index (χ3v) is 2.64. The zero-order valence-electron chi connectivity index (χ0n) is 9.36. The number of pyridine rings is 1. The van der Waals surface area contributed by atoms with Gasteiger partial charge in [-0.3, -0.25) is 4.98 Å². The highest BCUT2D eigenvalue weighted by atomic mass is 32.2. The van der Waals surface area contributed by atoms with E-state index in [0.29, 0.717) is 5.92 Å². The molecule has 0 saturated heterocycles. The van der Waals surface area contributed by atoms with Crippen molar-refractivity contribution in [2.24, 2.45) is 5.92 Å². The molecular weight excluding hydrogens is 202 g/mol. The lowest BCUT2D eigenvalue weighted by molar-refractivity contribution is 0.645. The first-order valence-electron chi connectivity index (χ1n) is 5.05. The fraction of sp³-hybridized carbons (Fsp3) is 0.308. The Morgan fingerprint density at radius 3 is 2.73 bits per heavy atom. The number of thioether (sulfide) groups is 1. The fourth-order valence-electron chi connectivity index (χ4n) is 1.34. The van der Waals surface area contributed by atoms with Crippen LogP contribution in [0, 0.1) is 5.92 Å². The molecule has 0 aliphatic carbocycles. The van der Waals surface area contributed by atoms with Gasteiger partial charge in [0.2, 0.25) is 0 Å². The molecule has 0 aromatic carbocycles. The quantitative estimate of drug-likeness (QED) is 0.738. The molecule has 1 nitrogen and oxygen atoms in total. The molecule has 80 valence electrons. The zero-order chi connectivity index (χ0) is 11.3. The lowest BCUT2D eigenvalue weighted by Gasteiger charge is -2.06. The second-order valence-electron chi connectivity index (χ2n) is 3.86. The van der Waals surface area contributed by atoms with E-state index in [1.807, 2.05) is 12.3 Å². The van der Waals surface area contributed by atoms with Crippen molar-refractivity contribution < 1.29 is 0 Å². The van der Waals surface area contributed by atoms with E-state index in [-0.39, 0.29) is 0 Å².